The molecule has 7 nitrogen and oxygen atoms in total. The molecule has 4 heterocycles. The van der Waals surface area contributed by atoms with E-state index in [0.717, 1.165) is 68.9 Å². The van der Waals surface area contributed by atoms with E-state index in [0.29, 0.717) is 29.4 Å². The monoisotopic (exact) mass is 542 g/mol. The Morgan fingerprint density at radius 2 is 1.65 bits per heavy atom. The number of hydrogen-bond acceptors (Lipinski definition) is 6. The number of nitrogens with one attached hydrogen (secondary N) is 2. The van der Waals surface area contributed by atoms with Crippen molar-refractivity contribution >= 4 is 46.5 Å². The Kier molecular flexibility index (Phi) is 8.37. The van der Waals surface area contributed by atoms with Crippen LogP contribution >= 0.6 is 23.8 Å². The van der Waals surface area contributed by atoms with E-state index in [2.05, 4.69) is 52.5 Å². The van der Waals surface area contributed by atoms with E-state index in [4.69, 9.17) is 38.5 Å². The van der Waals surface area contributed by atoms with Crippen LogP contribution in [0.15, 0.2) is 30.3 Å². The standard InChI is InChI=1S/C28H39ClN6OS/c1-20-15-21(2)18-35(17-20)25-16-24(34-11-3-4-12-34)31-26(32-25)33-27(37)30-19-28(9-13-36-14-10-28)22-5-7-23(29)8-6-22/h5-8,16,20-21H,3-4,9-15,17-19H2,1-2H3,(H2,30,31,32,33,37). The minimum absolute atomic E-state index is 0.0575. The van der Waals surface area contributed by atoms with Crippen LogP contribution in [0.1, 0.15) is 51.5 Å². The molecule has 0 aliphatic carbocycles. The van der Waals surface area contributed by atoms with Crippen molar-refractivity contribution in [2.24, 2.45) is 11.8 Å². The molecule has 3 fully saturated rings. The SMILES string of the molecule is CC1CC(C)CN(c2cc(N3CCCC3)nc(NC(=S)NCC3(c4ccc(Cl)cc4)CCOCC3)n2)C1. The first-order valence-corrected chi connectivity index (χ1v) is 14.5. The van der Waals surface area contributed by atoms with Crippen LogP contribution < -0.4 is 20.4 Å². The molecule has 5 rings (SSSR count). The van der Waals surface area contributed by atoms with Crippen molar-refractivity contribution in [1.29, 1.82) is 0 Å². The second kappa shape index (κ2) is 11.7. The molecule has 2 N–H and O–H groups in total. The molecule has 2 unspecified atom stereocenters. The van der Waals surface area contributed by atoms with Crippen molar-refractivity contribution in [3.63, 3.8) is 0 Å². The van der Waals surface area contributed by atoms with Gasteiger partial charge in [0.25, 0.3) is 0 Å². The van der Waals surface area contributed by atoms with Gasteiger partial charge in [0.2, 0.25) is 5.95 Å². The average Bonchev–Trinajstić information content (AvgIpc) is 3.43. The van der Waals surface area contributed by atoms with Gasteiger partial charge in [-0.25, -0.2) is 0 Å². The Bertz CT molecular complexity index is 1060. The summed E-state index contributed by atoms with van der Waals surface area (Å²) in [6, 6.07) is 10.3. The number of rotatable bonds is 6. The number of ether oxygens (including phenoxy) is 1. The Balaban J connectivity index is 1.32. The third-order valence-electron chi connectivity index (χ3n) is 8.04. The van der Waals surface area contributed by atoms with Crippen molar-refractivity contribution in [2.75, 3.05) is 61.1 Å². The van der Waals surface area contributed by atoms with Crippen LogP contribution in [0.2, 0.25) is 5.02 Å². The summed E-state index contributed by atoms with van der Waals surface area (Å²) < 4.78 is 5.69. The van der Waals surface area contributed by atoms with Gasteiger partial charge in [-0.2, -0.15) is 9.97 Å². The van der Waals surface area contributed by atoms with E-state index in [1.165, 1.54) is 24.8 Å². The van der Waals surface area contributed by atoms with Crippen LogP contribution in [0.25, 0.3) is 0 Å². The summed E-state index contributed by atoms with van der Waals surface area (Å²) in [6.45, 7) is 11.0. The molecule has 1 aromatic heterocycles. The number of halogens is 1. The molecule has 1 aromatic carbocycles. The van der Waals surface area contributed by atoms with Gasteiger partial charge in [0.15, 0.2) is 5.11 Å². The van der Waals surface area contributed by atoms with Crippen LogP contribution in [0, 0.1) is 11.8 Å². The van der Waals surface area contributed by atoms with Gasteiger partial charge < -0.3 is 25.2 Å². The maximum atomic E-state index is 6.17. The van der Waals surface area contributed by atoms with E-state index < -0.39 is 0 Å². The van der Waals surface area contributed by atoms with Gasteiger partial charge in [0.05, 0.1) is 0 Å². The summed E-state index contributed by atoms with van der Waals surface area (Å²) in [4.78, 5) is 14.6. The molecule has 2 atom stereocenters. The molecule has 0 bridgehead atoms. The predicted octanol–water partition coefficient (Wildman–Crippen LogP) is 5.25. The third kappa shape index (κ3) is 6.47. The van der Waals surface area contributed by atoms with E-state index in [1.807, 2.05) is 12.1 Å². The van der Waals surface area contributed by atoms with E-state index in [1.54, 1.807) is 0 Å². The molecule has 2 aromatic rings. The second-order valence-corrected chi connectivity index (χ2v) is 12.0. The quantitative estimate of drug-likeness (QED) is 0.480. The van der Waals surface area contributed by atoms with Gasteiger partial charge in [-0.1, -0.05) is 37.6 Å². The van der Waals surface area contributed by atoms with Crippen molar-refractivity contribution in [3.8, 4) is 0 Å². The first-order valence-electron chi connectivity index (χ1n) is 13.7. The fourth-order valence-electron chi connectivity index (χ4n) is 6.13. The first-order chi connectivity index (χ1) is 17.9. The van der Waals surface area contributed by atoms with Crippen molar-refractivity contribution in [1.82, 2.24) is 15.3 Å². The zero-order chi connectivity index (χ0) is 25.8. The van der Waals surface area contributed by atoms with Crippen LogP contribution in [0.3, 0.4) is 0 Å². The highest BCUT2D eigenvalue weighted by molar-refractivity contribution is 7.80. The number of benzene rings is 1. The van der Waals surface area contributed by atoms with E-state index in [9.17, 15) is 0 Å². The van der Waals surface area contributed by atoms with Gasteiger partial charge in [-0.3, -0.25) is 0 Å². The van der Waals surface area contributed by atoms with Crippen molar-refractivity contribution < 1.29 is 4.74 Å². The molecule has 0 saturated carbocycles. The molecule has 3 aliphatic heterocycles. The van der Waals surface area contributed by atoms with Gasteiger partial charge >= 0.3 is 0 Å². The maximum Gasteiger partial charge on any atom is 0.232 e. The normalized spacial score (nSPS) is 23.6. The largest absolute Gasteiger partial charge is 0.381 e. The van der Waals surface area contributed by atoms with Crippen molar-refractivity contribution in [3.05, 3.63) is 40.9 Å². The minimum atomic E-state index is -0.0575. The molecular weight excluding hydrogens is 504 g/mol. The molecule has 3 aliphatic rings. The lowest BCUT2D eigenvalue weighted by atomic mass is 9.74. The van der Waals surface area contributed by atoms with Gasteiger partial charge in [0, 0.05) is 62.4 Å². The summed E-state index contributed by atoms with van der Waals surface area (Å²) >= 11 is 11.9. The van der Waals surface area contributed by atoms with E-state index in [-0.39, 0.29) is 5.41 Å². The lowest BCUT2D eigenvalue weighted by Gasteiger charge is -2.38. The summed E-state index contributed by atoms with van der Waals surface area (Å²) in [6.07, 6.45) is 5.54. The van der Waals surface area contributed by atoms with E-state index >= 15 is 0 Å². The summed E-state index contributed by atoms with van der Waals surface area (Å²) in [5.41, 5.74) is 1.20. The maximum absolute atomic E-state index is 6.17. The highest BCUT2D eigenvalue weighted by Crippen LogP contribution is 2.35. The lowest BCUT2D eigenvalue weighted by molar-refractivity contribution is 0.0515. The van der Waals surface area contributed by atoms with Gasteiger partial charge in [0.1, 0.15) is 11.6 Å². The first kappa shape index (κ1) is 26.4. The molecule has 0 radical (unpaired) electrons. The topological polar surface area (TPSA) is 65.5 Å². The Morgan fingerprint density at radius 1 is 1.03 bits per heavy atom. The summed E-state index contributed by atoms with van der Waals surface area (Å²) in [7, 11) is 0. The predicted molar refractivity (Wildman–Crippen MR) is 156 cm³/mol. The van der Waals surface area contributed by atoms with Crippen LogP contribution in [0.4, 0.5) is 17.6 Å². The number of aromatic nitrogens is 2. The highest BCUT2D eigenvalue weighted by Gasteiger charge is 2.34. The summed E-state index contributed by atoms with van der Waals surface area (Å²) in [5, 5.41) is 8.09. The zero-order valence-electron chi connectivity index (χ0n) is 22.0. The second-order valence-electron chi connectivity index (χ2n) is 11.2. The molecular formula is C28H39ClN6OS. The molecule has 9 heteroatoms. The van der Waals surface area contributed by atoms with Crippen molar-refractivity contribution in [2.45, 2.75) is 51.4 Å². The van der Waals surface area contributed by atoms with Crippen LogP contribution in [-0.4, -0.2) is 61.0 Å². The fraction of sp³-hybridized carbons (Fsp3) is 0.607. The Morgan fingerprint density at radius 3 is 2.30 bits per heavy atom. The Labute approximate surface area is 231 Å². The van der Waals surface area contributed by atoms with Crippen LogP contribution in [-0.2, 0) is 10.2 Å². The molecule has 0 spiro atoms. The minimum Gasteiger partial charge on any atom is -0.381 e. The molecule has 200 valence electrons. The molecule has 0 amide bonds. The zero-order valence-corrected chi connectivity index (χ0v) is 23.6. The fourth-order valence-corrected chi connectivity index (χ4v) is 6.42. The van der Waals surface area contributed by atoms with Gasteiger partial charge in [-0.15, -0.1) is 0 Å². The number of anilines is 3. The third-order valence-corrected chi connectivity index (χ3v) is 8.54. The number of hydrogen-bond donors (Lipinski definition) is 2. The van der Waals surface area contributed by atoms with Gasteiger partial charge in [-0.05, 0) is 73.9 Å². The lowest BCUT2D eigenvalue weighted by Crippen LogP contribution is -2.45. The molecule has 37 heavy (non-hydrogen) atoms. The summed E-state index contributed by atoms with van der Waals surface area (Å²) in [5.74, 6) is 3.84. The van der Waals surface area contributed by atoms with Crippen LogP contribution in [0.5, 0.6) is 0 Å². The number of thiocarbonyl (C=S) groups is 1. The average molecular weight is 543 g/mol. The number of piperidine rings is 1. The Hall–Kier alpha value is -2.16. The smallest absolute Gasteiger partial charge is 0.232 e. The molecule has 3 saturated heterocycles. The number of nitrogens with zero attached hydrogens (tertiary/aromatic N) is 4. The highest BCUT2D eigenvalue weighted by atomic mass is 35.5.